The van der Waals surface area contributed by atoms with Gasteiger partial charge >= 0.3 is 0 Å². The van der Waals surface area contributed by atoms with Gasteiger partial charge in [-0.2, -0.15) is 0 Å². The normalized spacial score (nSPS) is 11.3. The van der Waals surface area contributed by atoms with Crippen LogP contribution in [0.15, 0.2) is 23.1 Å². The summed E-state index contributed by atoms with van der Waals surface area (Å²) >= 11 is 4.85. The number of carbonyl (C=O) groups is 1. The van der Waals surface area contributed by atoms with Gasteiger partial charge < -0.3 is 11.5 Å². The van der Waals surface area contributed by atoms with Crippen molar-refractivity contribution in [2.75, 3.05) is 6.54 Å². The average Bonchev–Trinajstić information content (AvgIpc) is 2.37. The van der Waals surface area contributed by atoms with Gasteiger partial charge in [-0.3, -0.25) is 4.79 Å². The molecule has 0 unspecified atom stereocenters. The molecule has 5 N–H and O–H groups in total. The van der Waals surface area contributed by atoms with Gasteiger partial charge in [-0.1, -0.05) is 24.4 Å². The van der Waals surface area contributed by atoms with Crippen molar-refractivity contribution < 1.29 is 13.2 Å². The second-order valence-electron chi connectivity index (χ2n) is 4.67. The van der Waals surface area contributed by atoms with Crippen LogP contribution in [-0.2, 0) is 14.8 Å². The number of sulfonamides is 1. The van der Waals surface area contributed by atoms with Crippen molar-refractivity contribution in [2.24, 2.45) is 11.5 Å². The Balaban J connectivity index is 2.76. The van der Waals surface area contributed by atoms with Gasteiger partial charge in [0.05, 0.1) is 4.90 Å². The lowest BCUT2D eigenvalue weighted by Gasteiger charge is -2.10. The molecule has 0 aliphatic carbocycles. The third-order valence-electron chi connectivity index (χ3n) is 2.90. The quantitative estimate of drug-likeness (QED) is 0.476. The summed E-state index contributed by atoms with van der Waals surface area (Å²) in [5.74, 6) is -0.391. The molecule has 1 aromatic rings. The molecule has 8 heteroatoms. The molecule has 1 rings (SSSR count). The lowest BCUT2D eigenvalue weighted by molar-refractivity contribution is -0.118. The predicted molar refractivity (Wildman–Crippen MR) is 85.3 cm³/mol. The molecule has 6 nitrogen and oxygen atoms in total. The molecule has 0 bridgehead atoms. The van der Waals surface area contributed by atoms with E-state index in [4.69, 9.17) is 23.7 Å². The van der Waals surface area contributed by atoms with E-state index in [1.807, 2.05) is 0 Å². The zero-order valence-corrected chi connectivity index (χ0v) is 13.4. The third-order valence-corrected chi connectivity index (χ3v) is 4.74. The van der Waals surface area contributed by atoms with E-state index in [-0.39, 0.29) is 22.8 Å². The Morgan fingerprint density at radius 2 is 1.95 bits per heavy atom. The Hall–Kier alpha value is -1.51. The van der Waals surface area contributed by atoms with Gasteiger partial charge in [0.15, 0.2) is 0 Å². The van der Waals surface area contributed by atoms with Crippen LogP contribution in [0, 0.1) is 6.92 Å². The van der Waals surface area contributed by atoms with Crippen LogP contribution >= 0.6 is 12.2 Å². The monoisotopic (exact) mass is 329 g/mol. The van der Waals surface area contributed by atoms with Crippen LogP contribution in [0.1, 0.15) is 30.4 Å². The van der Waals surface area contributed by atoms with Gasteiger partial charge in [0.2, 0.25) is 15.9 Å². The van der Waals surface area contributed by atoms with E-state index < -0.39 is 15.9 Å². The number of nitrogens with one attached hydrogen (secondary N) is 1. The highest BCUT2D eigenvalue weighted by Crippen LogP contribution is 2.17. The van der Waals surface area contributed by atoms with Crippen molar-refractivity contribution in [3.8, 4) is 0 Å². The van der Waals surface area contributed by atoms with Gasteiger partial charge in [0.25, 0.3) is 0 Å². The van der Waals surface area contributed by atoms with Crippen molar-refractivity contribution in [3.63, 3.8) is 0 Å². The summed E-state index contributed by atoms with van der Waals surface area (Å²) in [5.41, 5.74) is 11.6. The Bertz CT molecular complexity index is 642. The molecule has 0 saturated carbocycles. The fourth-order valence-electron chi connectivity index (χ4n) is 1.75. The summed E-state index contributed by atoms with van der Waals surface area (Å²) in [6.07, 6.45) is 1.33. The number of primary amides is 1. The number of aryl methyl sites for hydroxylation is 1. The van der Waals surface area contributed by atoms with Crippen molar-refractivity contribution in [2.45, 2.75) is 31.1 Å². The number of hydrogen-bond donors (Lipinski definition) is 3. The molecule has 1 aromatic carbocycles. The Kier molecular flexibility index (Phi) is 6.25. The zero-order chi connectivity index (χ0) is 16.0. The van der Waals surface area contributed by atoms with E-state index >= 15 is 0 Å². The highest BCUT2D eigenvalue weighted by molar-refractivity contribution is 7.89. The fraction of sp³-hybridized carbons (Fsp3) is 0.385. The van der Waals surface area contributed by atoms with Crippen molar-refractivity contribution >= 4 is 33.1 Å². The van der Waals surface area contributed by atoms with Crippen LogP contribution in [0.2, 0.25) is 0 Å². The molecule has 0 heterocycles. The minimum Gasteiger partial charge on any atom is -0.389 e. The average molecular weight is 329 g/mol. The summed E-state index contributed by atoms with van der Waals surface area (Å²) in [6, 6.07) is 4.81. The third kappa shape index (κ3) is 5.41. The first kappa shape index (κ1) is 17.5. The smallest absolute Gasteiger partial charge is 0.240 e. The predicted octanol–water partition coefficient (Wildman–Crippen LogP) is 0.563. The first-order valence-electron chi connectivity index (χ1n) is 6.42. The summed E-state index contributed by atoms with van der Waals surface area (Å²) in [5, 5.41) is 0. The zero-order valence-electron chi connectivity index (χ0n) is 11.8. The second-order valence-corrected chi connectivity index (χ2v) is 6.84. The maximum Gasteiger partial charge on any atom is 0.240 e. The van der Waals surface area contributed by atoms with Crippen molar-refractivity contribution in [1.29, 1.82) is 0 Å². The van der Waals surface area contributed by atoms with Crippen molar-refractivity contribution in [3.05, 3.63) is 29.3 Å². The van der Waals surface area contributed by atoms with E-state index in [9.17, 15) is 13.2 Å². The number of carbonyl (C=O) groups excluding carboxylic acids is 1. The molecule has 1 amide bonds. The van der Waals surface area contributed by atoms with Crippen LogP contribution in [0.25, 0.3) is 0 Å². The molecular weight excluding hydrogens is 310 g/mol. The molecular formula is C13H19N3O3S2. The number of rotatable bonds is 8. The number of amides is 1. The number of nitrogens with two attached hydrogens (primary N) is 2. The minimum absolute atomic E-state index is 0.146. The molecule has 0 spiro atoms. The highest BCUT2D eigenvalue weighted by Gasteiger charge is 2.17. The molecule has 0 radical (unpaired) electrons. The van der Waals surface area contributed by atoms with E-state index in [1.54, 1.807) is 19.1 Å². The minimum atomic E-state index is -3.63. The number of benzene rings is 1. The molecule has 21 heavy (non-hydrogen) atoms. The second kappa shape index (κ2) is 7.48. The maximum atomic E-state index is 12.2. The summed E-state index contributed by atoms with van der Waals surface area (Å²) in [7, 11) is -3.63. The first-order valence-corrected chi connectivity index (χ1v) is 8.31. The van der Waals surface area contributed by atoms with Gasteiger partial charge in [-0.15, -0.1) is 0 Å². The maximum absolute atomic E-state index is 12.2. The Morgan fingerprint density at radius 3 is 2.52 bits per heavy atom. The highest BCUT2D eigenvalue weighted by atomic mass is 32.2. The largest absolute Gasteiger partial charge is 0.389 e. The molecule has 0 aromatic heterocycles. The van der Waals surface area contributed by atoms with Gasteiger partial charge in [-0.25, -0.2) is 13.1 Å². The van der Waals surface area contributed by atoms with Crippen LogP contribution in [-0.4, -0.2) is 25.9 Å². The van der Waals surface area contributed by atoms with Crippen LogP contribution < -0.4 is 16.2 Å². The fourth-order valence-corrected chi connectivity index (χ4v) is 3.22. The Labute approximate surface area is 129 Å². The molecule has 0 aliphatic heterocycles. The lowest BCUT2D eigenvalue weighted by atomic mass is 10.1. The molecule has 116 valence electrons. The van der Waals surface area contributed by atoms with E-state index in [0.717, 1.165) is 0 Å². The lowest BCUT2D eigenvalue weighted by Crippen LogP contribution is -2.26. The van der Waals surface area contributed by atoms with Gasteiger partial charge in [0.1, 0.15) is 4.99 Å². The summed E-state index contributed by atoms with van der Waals surface area (Å²) in [6.45, 7) is 1.94. The number of thiocarbonyl (C=S) groups is 1. The topological polar surface area (TPSA) is 115 Å². The number of hydrogen-bond acceptors (Lipinski definition) is 4. The SMILES string of the molecule is Cc1ccc(C(N)=S)cc1S(=O)(=O)NCCCCC(N)=O. The summed E-state index contributed by atoms with van der Waals surface area (Å²) < 4.78 is 27.0. The van der Waals surface area contributed by atoms with Crippen LogP contribution in [0.3, 0.4) is 0 Å². The van der Waals surface area contributed by atoms with Gasteiger partial charge in [-0.05, 0) is 31.4 Å². The molecule has 0 saturated heterocycles. The summed E-state index contributed by atoms with van der Waals surface area (Å²) in [4.78, 5) is 10.9. The Morgan fingerprint density at radius 1 is 1.29 bits per heavy atom. The first-order chi connectivity index (χ1) is 9.74. The molecule has 0 atom stereocenters. The van der Waals surface area contributed by atoms with Gasteiger partial charge in [0, 0.05) is 18.5 Å². The van der Waals surface area contributed by atoms with E-state index in [1.165, 1.54) is 6.07 Å². The van der Waals surface area contributed by atoms with Crippen molar-refractivity contribution in [1.82, 2.24) is 4.72 Å². The van der Waals surface area contributed by atoms with Crippen LogP contribution in [0.4, 0.5) is 0 Å². The van der Waals surface area contributed by atoms with E-state index in [2.05, 4.69) is 4.72 Å². The molecule has 0 fully saturated rings. The standard InChI is InChI=1S/C13H19N3O3S2/c1-9-5-6-10(13(15)20)8-11(9)21(18,19)16-7-3-2-4-12(14)17/h5-6,8,16H,2-4,7H2,1H3,(H2,14,17)(H2,15,20). The van der Waals surface area contributed by atoms with E-state index in [0.29, 0.717) is 24.0 Å². The van der Waals surface area contributed by atoms with Crippen LogP contribution in [0.5, 0.6) is 0 Å². The molecule has 0 aliphatic rings. The number of unbranched alkanes of at least 4 members (excludes halogenated alkanes) is 1.